The van der Waals surface area contributed by atoms with Gasteiger partial charge in [-0.05, 0) is 38.3 Å². The number of benzene rings is 1. The summed E-state index contributed by atoms with van der Waals surface area (Å²) in [5, 5.41) is 2.72. The van der Waals surface area contributed by atoms with Crippen LogP contribution in [0.3, 0.4) is 0 Å². The number of aryl methyl sites for hydroxylation is 1. The summed E-state index contributed by atoms with van der Waals surface area (Å²) in [6.45, 7) is 0.880. The minimum Gasteiger partial charge on any atom is -0.412 e. The molecule has 0 aliphatic carbocycles. The van der Waals surface area contributed by atoms with Gasteiger partial charge in [-0.15, -0.1) is 24.8 Å². The molecule has 1 aromatic carbocycles. The number of Topliss-reactive ketones (excluding diaryl/α,β-unsaturated/α-hetero) is 1. The molecule has 1 saturated heterocycles. The zero-order valence-electron chi connectivity index (χ0n) is 19.2. The predicted octanol–water partition coefficient (Wildman–Crippen LogP) is -1.48. The van der Waals surface area contributed by atoms with Gasteiger partial charge in [-0.1, -0.05) is 30.3 Å². The lowest BCUT2D eigenvalue weighted by Crippen LogP contribution is -2.68. The Labute approximate surface area is 212 Å². The summed E-state index contributed by atoms with van der Waals surface area (Å²) in [6.07, 6.45) is 2.77. The molecule has 0 spiro atoms. The lowest BCUT2D eigenvalue weighted by Gasteiger charge is -2.37. The van der Waals surface area contributed by atoms with E-state index in [4.69, 9.17) is 17.2 Å². The monoisotopic (exact) mass is 524 g/mol. The molecule has 1 amide bonds. The molecule has 1 unspecified atom stereocenters. The summed E-state index contributed by atoms with van der Waals surface area (Å²) in [7, 11) is 1.72. The Morgan fingerprint density at radius 3 is 2.35 bits per heavy atom. The van der Waals surface area contributed by atoms with E-state index in [1.54, 1.807) is 11.9 Å². The van der Waals surface area contributed by atoms with Crippen molar-refractivity contribution in [2.45, 2.75) is 49.7 Å². The van der Waals surface area contributed by atoms with E-state index in [2.05, 4.69) is 10.3 Å². The van der Waals surface area contributed by atoms with Crippen molar-refractivity contribution in [3.63, 3.8) is 0 Å². The average Bonchev–Trinajstić information content (AvgIpc) is 3.04. The fourth-order valence-electron chi connectivity index (χ4n) is 3.95. The minimum absolute atomic E-state index is 0. The number of nitrogens with one attached hydrogen (secondary N) is 1. The molecule has 11 N–H and O–H groups in total. The van der Waals surface area contributed by atoms with Crippen LogP contribution in [-0.2, 0) is 20.8 Å². The molecule has 196 valence electrons. The molecular weight excluding hydrogens is 487 g/mol. The summed E-state index contributed by atoms with van der Waals surface area (Å²) in [6, 6.07) is 8.23. The molecule has 1 aliphatic rings. The second kappa shape index (κ2) is 17.2. The number of hydrogen-bond acceptors (Lipinski definition) is 6. The zero-order valence-corrected chi connectivity index (χ0v) is 20.9. The topological polar surface area (TPSA) is 220 Å². The van der Waals surface area contributed by atoms with Crippen molar-refractivity contribution < 1.29 is 25.3 Å². The third-order valence-corrected chi connectivity index (χ3v) is 5.62. The average molecular weight is 525 g/mol. The Morgan fingerprint density at radius 1 is 1.24 bits per heavy atom. The highest BCUT2D eigenvalue weighted by Crippen LogP contribution is 2.30. The van der Waals surface area contributed by atoms with Gasteiger partial charge >= 0.3 is 0 Å². The van der Waals surface area contributed by atoms with E-state index in [1.807, 2.05) is 30.3 Å². The Hall–Kier alpha value is -2.28. The predicted molar refractivity (Wildman–Crippen MR) is 137 cm³/mol. The Morgan fingerprint density at radius 2 is 1.85 bits per heavy atom. The molecule has 1 fully saturated rings. The molecular formula is C21H38Cl2N6O5. The molecule has 0 saturated carbocycles. The highest BCUT2D eigenvalue weighted by molar-refractivity contribution is 6.12. The van der Waals surface area contributed by atoms with Crippen LogP contribution in [0.2, 0.25) is 0 Å². The van der Waals surface area contributed by atoms with E-state index in [9.17, 15) is 14.4 Å². The maximum atomic E-state index is 13.3. The normalized spacial score (nSPS) is 19.6. The van der Waals surface area contributed by atoms with E-state index < -0.39 is 23.5 Å². The summed E-state index contributed by atoms with van der Waals surface area (Å²) < 4.78 is 0. The molecule has 1 aliphatic heterocycles. The standard InChI is InChI=1S/C21H32N6O3.2ClH.2H2O/c1-27-13-11-17(22)21(27,18(29)10-9-15-6-3-2-4-7-15)19(30)26-16(14-28)8-5-12-25-20(23)24;;;;/h2-4,6-7,14,16-17H,5,8-13,22H2,1H3,(H,26,30)(H4,23,24,25);2*1H;2*1H2/t16-,17?,21+;;;;/m0..../s1. The number of halogens is 2. The first-order valence-corrected chi connectivity index (χ1v) is 10.2. The number of likely N-dealkylation sites (N-methyl/N-ethyl adjacent to an activating group) is 1. The first-order chi connectivity index (χ1) is 14.3. The fraction of sp³-hybridized carbons (Fsp3) is 0.524. The van der Waals surface area contributed by atoms with Crippen LogP contribution >= 0.6 is 24.8 Å². The van der Waals surface area contributed by atoms with Crippen LogP contribution in [-0.4, -0.2) is 77.5 Å². The van der Waals surface area contributed by atoms with Gasteiger partial charge in [-0.2, -0.15) is 0 Å². The largest absolute Gasteiger partial charge is 0.412 e. The van der Waals surface area contributed by atoms with Crippen LogP contribution in [0.4, 0.5) is 0 Å². The number of hydrogen-bond donors (Lipinski definition) is 4. The summed E-state index contributed by atoms with van der Waals surface area (Å²) in [5.74, 6) is -0.781. The van der Waals surface area contributed by atoms with Gasteiger partial charge in [0.2, 0.25) is 5.91 Å². The van der Waals surface area contributed by atoms with Crippen molar-refractivity contribution in [2.75, 3.05) is 20.1 Å². The summed E-state index contributed by atoms with van der Waals surface area (Å²) in [4.78, 5) is 43.6. The van der Waals surface area contributed by atoms with Gasteiger partial charge in [-0.25, -0.2) is 0 Å². The van der Waals surface area contributed by atoms with Gasteiger partial charge < -0.3 is 38.3 Å². The number of carbonyl (C=O) groups excluding carboxylic acids is 3. The van der Waals surface area contributed by atoms with Crippen LogP contribution < -0.4 is 22.5 Å². The van der Waals surface area contributed by atoms with E-state index in [0.717, 1.165) is 5.56 Å². The van der Waals surface area contributed by atoms with Crippen LogP contribution in [0.15, 0.2) is 35.3 Å². The van der Waals surface area contributed by atoms with Crippen molar-refractivity contribution in [1.82, 2.24) is 10.2 Å². The number of aldehydes is 1. The fourth-order valence-corrected chi connectivity index (χ4v) is 3.95. The molecule has 1 aromatic rings. The third kappa shape index (κ3) is 8.82. The molecule has 0 aromatic heterocycles. The van der Waals surface area contributed by atoms with E-state index in [1.165, 1.54) is 0 Å². The van der Waals surface area contributed by atoms with Crippen molar-refractivity contribution in [3.05, 3.63) is 35.9 Å². The van der Waals surface area contributed by atoms with Crippen molar-refractivity contribution >= 4 is 48.8 Å². The SMILES string of the molecule is CN1CCC(N)[C@@]1(C(=O)CCc1ccccc1)C(=O)N[C@H](C=O)CCCN=C(N)N.Cl.Cl.O.O. The smallest absolute Gasteiger partial charge is 0.250 e. The molecule has 34 heavy (non-hydrogen) atoms. The number of carbonyl (C=O) groups is 3. The third-order valence-electron chi connectivity index (χ3n) is 5.62. The van der Waals surface area contributed by atoms with Gasteiger partial charge in [0, 0.05) is 25.6 Å². The number of guanidine groups is 1. The van der Waals surface area contributed by atoms with Gasteiger partial charge in [-0.3, -0.25) is 19.5 Å². The molecule has 1 heterocycles. The van der Waals surface area contributed by atoms with Gasteiger partial charge in [0.15, 0.2) is 17.3 Å². The number of nitrogens with zero attached hydrogens (tertiary/aromatic N) is 2. The minimum atomic E-state index is -1.48. The number of amides is 1. The number of nitrogens with two attached hydrogens (primary N) is 3. The molecule has 11 nitrogen and oxygen atoms in total. The van der Waals surface area contributed by atoms with Crippen molar-refractivity contribution in [3.8, 4) is 0 Å². The second-order valence-electron chi connectivity index (χ2n) is 7.66. The highest BCUT2D eigenvalue weighted by atomic mass is 35.5. The lowest BCUT2D eigenvalue weighted by molar-refractivity contribution is -0.144. The lowest BCUT2D eigenvalue weighted by atomic mass is 9.83. The molecule has 0 radical (unpaired) electrons. The van der Waals surface area contributed by atoms with E-state index in [-0.39, 0.29) is 53.9 Å². The van der Waals surface area contributed by atoms with Gasteiger partial charge in [0.05, 0.1) is 6.04 Å². The quantitative estimate of drug-likeness (QED) is 0.0881. The first kappa shape index (κ1) is 36.3. The van der Waals surface area contributed by atoms with Gasteiger partial charge in [0.1, 0.15) is 6.29 Å². The molecule has 0 bridgehead atoms. The number of rotatable bonds is 11. The van der Waals surface area contributed by atoms with E-state index >= 15 is 0 Å². The molecule has 2 rings (SSSR count). The maximum absolute atomic E-state index is 13.3. The molecule has 3 atom stereocenters. The second-order valence-corrected chi connectivity index (χ2v) is 7.66. The van der Waals surface area contributed by atoms with Gasteiger partial charge in [0.25, 0.3) is 0 Å². The highest BCUT2D eigenvalue weighted by Gasteiger charge is 2.56. The first-order valence-electron chi connectivity index (χ1n) is 10.2. The zero-order chi connectivity index (χ0) is 22.1. The Balaban J connectivity index is -0.00000240. The van der Waals surface area contributed by atoms with Crippen LogP contribution in [0.1, 0.15) is 31.2 Å². The van der Waals surface area contributed by atoms with Crippen LogP contribution in [0.5, 0.6) is 0 Å². The number of ketones is 1. The number of likely N-dealkylation sites (tertiary alicyclic amines) is 1. The molecule has 13 heteroatoms. The Kier molecular flexibility index (Phi) is 18.4. The Bertz CT molecular complexity index is 770. The summed E-state index contributed by atoms with van der Waals surface area (Å²) in [5.41, 5.74) is 16.4. The van der Waals surface area contributed by atoms with Crippen LogP contribution in [0.25, 0.3) is 0 Å². The van der Waals surface area contributed by atoms with Crippen molar-refractivity contribution in [1.29, 1.82) is 0 Å². The van der Waals surface area contributed by atoms with E-state index in [0.29, 0.717) is 45.1 Å². The maximum Gasteiger partial charge on any atom is 0.250 e. The summed E-state index contributed by atoms with van der Waals surface area (Å²) >= 11 is 0. The number of aliphatic imine (C=N–C) groups is 1. The van der Waals surface area contributed by atoms with Crippen LogP contribution in [0, 0.1) is 0 Å². The van der Waals surface area contributed by atoms with Crippen molar-refractivity contribution in [2.24, 2.45) is 22.2 Å².